The summed E-state index contributed by atoms with van der Waals surface area (Å²) in [6.07, 6.45) is 0. The topological polar surface area (TPSA) is 0 Å². The van der Waals surface area contributed by atoms with Crippen molar-refractivity contribution in [2.45, 2.75) is 6.92 Å². The van der Waals surface area contributed by atoms with Gasteiger partial charge in [0.25, 0.3) is 0 Å². The molecule has 0 heterocycles. The first-order valence-electron chi connectivity index (χ1n) is 5.34. The van der Waals surface area contributed by atoms with Gasteiger partial charge < -0.3 is 0 Å². The van der Waals surface area contributed by atoms with E-state index in [-0.39, 0.29) is 0 Å². The molecule has 0 nitrogen and oxygen atoms in total. The summed E-state index contributed by atoms with van der Waals surface area (Å²) in [5.41, 5.74) is 1.35. The van der Waals surface area contributed by atoms with E-state index < -0.39 is 0 Å². The number of hydrogen-bond donors (Lipinski definition) is 0. The van der Waals surface area contributed by atoms with Gasteiger partial charge in [0.15, 0.2) is 0 Å². The van der Waals surface area contributed by atoms with Crippen molar-refractivity contribution >= 4 is 37.5 Å². The van der Waals surface area contributed by atoms with Crippen LogP contribution in [-0.2, 0) is 0 Å². The quantitative estimate of drug-likeness (QED) is 0.501. The number of halogens is 1. The highest BCUT2D eigenvalue weighted by atomic mass is 79.9. The predicted molar refractivity (Wildman–Crippen MR) is 73.9 cm³/mol. The van der Waals surface area contributed by atoms with Gasteiger partial charge in [-0.15, -0.1) is 0 Å². The zero-order valence-corrected chi connectivity index (χ0v) is 10.6. The van der Waals surface area contributed by atoms with Gasteiger partial charge in [0.1, 0.15) is 0 Å². The summed E-state index contributed by atoms with van der Waals surface area (Å²) in [4.78, 5) is 0. The van der Waals surface area contributed by atoms with E-state index in [1.54, 1.807) is 0 Å². The Morgan fingerprint density at radius 3 is 2.50 bits per heavy atom. The molecule has 0 unspecified atom stereocenters. The second-order valence-corrected chi connectivity index (χ2v) is 4.91. The summed E-state index contributed by atoms with van der Waals surface area (Å²) in [5.74, 6) is 0. The van der Waals surface area contributed by atoms with Crippen LogP contribution in [0.5, 0.6) is 0 Å². The normalized spacial score (nSPS) is 11.1. The van der Waals surface area contributed by atoms with E-state index in [2.05, 4.69) is 71.4 Å². The molecule has 1 heteroatoms. The lowest BCUT2D eigenvalue weighted by atomic mass is 9.98. The fourth-order valence-electron chi connectivity index (χ4n) is 2.32. The third kappa shape index (κ3) is 1.35. The van der Waals surface area contributed by atoms with Crippen LogP contribution < -0.4 is 0 Å². The van der Waals surface area contributed by atoms with Gasteiger partial charge in [-0.2, -0.15) is 0 Å². The molecule has 0 fully saturated rings. The second-order valence-electron chi connectivity index (χ2n) is 4.06. The lowest BCUT2D eigenvalue weighted by Crippen LogP contribution is -1.83. The van der Waals surface area contributed by atoms with Crippen LogP contribution in [0.25, 0.3) is 21.5 Å². The van der Waals surface area contributed by atoms with E-state index >= 15 is 0 Å². The zero-order chi connectivity index (χ0) is 11.1. The van der Waals surface area contributed by atoms with E-state index in [1.165, 1.54) is 31.6 Å². The minimum atomic E-state index is 1.17. The van der Waals surface area contributed by atoms with Gasteiger partial charge >= 0.3 is 0 Å². The van der Waals surface area contributed by atoms with Crippen LogP contribution in [0.4, 0.5) is 0 Å². The number of aryl methyl sites for hydroxylation is 1. The first kappa shape index (κ1) is 9.86. The maximum Gasteiger partial charge on any atom is 0.0256 e. The molecule has 0 aliphatic heterocycles. The van der Waals surface area contributed by atoms with Crippen molar-refractivity contribution in [1.82, 2.24) is 0 Å². The Morgan fingerprint density at radius 1 is 0.875 bits per heavy atom. The van der Waals surface area contributed by atoms with Crippen molar-refractivity contribution in [3.8, 4) is 0 Å². The van der Waals surface area contributed by atoms with Crippen molar-refractivity contribution in [3.63, 3.8) is 0 Å². The molecule has 0 spiro atoms. The first-order chi connectivity index (χ1) is 7.77. The fourth-order valence-corrected chi connectivity index (χ4v) is 3.00. The van der Waals surface area contributed by atoms with E-state index in [9.17, 15) is 0 Å². The van der Waals surface area contributed by atoms with Crippen LogP contribution in [0.2, 0.25) is 0 Å². The molecule has 0 aliphatic carbocycles. The Hall–Kier alpha value is -1.34. The highest BCUT2D eigenvalue weighted by molar-refractivity contribution is 9.10. The lowest BCUT2D eigenvalue weighted by Gasteiger charge is -2.08. The first-order valence-corrected chi connectivity index (χ1v) is 6.13. The summed E-state index contributed by atoms with van der Waals surface area (Å²) in [6.45, 7) is 2.19. The summed E-state index contributed by atoms with van der Waals surface area (Å²) in [6, 6.07) is 17.1. The molecular weight excluding hydrogens is 260 g/mol. The summed E-state index contributed by atoms with van der Waals surface area (Å²) >= 11 is 3.63. The minimum Gasteiger partial charge on any atom is -0.0616 e. The number of hydrogen-bond acceptors (Lipinski definition) is 0. The summed E-state index contributed by atoms with van der Waals surface area (Å²) in [7, 11) is 0. The molecule has 0 saturated heterocycles. The van der Waals surface area contributed by atoms with Gasteiger partial charge in [-0.3, -0.25) is 0 Å². The minimum absolute atomic E-state index is 1.17. The average Bonchev–Trinajstić information content (AvgIpc) is 2.29. The smallest absolute Gasteiger partial charge is 0.0256 e. The van der Waals surface area contributed by atoms with E-state index in [1.807, 2.05) is 0 Å². The monoisotopic (exact) mass is 270 g/mol. The zero-order valence-electron chi connectivity index (χ0n) is 9.00. The van der Waals surface area contributed by atoms with Crippen LogP contribution in [0, 0.1) is 6.92 Å². The van der Waals surface area contributed by atoms with Gasteiger partial charge in [0.2, 0.25) is 0 Å². The number of fused-ring (bicyclic) bond motifs is 2. The molecule has 0 atom stereocenters. The Kier molecular flexibility index (Phi) is 2.22. The van der Waals surface area contributed by atoms with Crippen molar-refractivity contribution < 1.29 is 0 Å². The average molecular weight is 271 g/mol. The predicted octanol–water partition coefficient (Wildman–Crippen LogP) is 5.06. The molecule has 0 amide bonds. The summed E-state index contributed by atoms with van der Waals surface area (Å²) < 4.78 is 1.17. The van der Waals surface area contributed by atoms with Gasteiger partial charge in [0, 0.05) is 4.47 Å². The lowest BCUT2D eigenvalue weighted by molar-refractivity contribution is 1.57. The third-order valence-corrected chi connectivity index (χ3v) is 3.76. The van der Waals surface area contributed by atoms with Crippen LogP contribution in [0.1, 0.15) is 5.56 Å². The Morgan fingerprint density at radius 2 is 1.62 bits per heavy atom. The molecule has 3 aromatic rings. The number of benzene rings is 3. The molecule has 16 heavy (non-hydrogen) atoms. The van der Waals surface area contributed by atoms with Crippen LogP contribution in [-0.4, -0.2) is 0 Å². The van der Waals surface area contributed by atoms with Gasteiger partial charge in [-0.25, -0.2) is 0 Å². The SMILES string of the molecule is Cc1c2ccccc2cc2cccc(Br)c12. The molecule has 0 radical (unpaired) electrons. The van der Waals surface area contributed by atoms with Crippen molar-refractivity contribution in [1.29, 1.82) is 0 Å². The molecule has 0 aromatic heterocycles. The molecule has 0 bridgehead atoms. The molecule has 0 aliphatic rings. The molecule has 0 N–H and O–H groups in total. The Labute approximate surface area is 103 Å². The van der Waals surface area contributed by atoms with E-state index in [0.29, 0.717) is 0 Å². The molecule has 78 valence electrons. The third-order valence-electron chi connectivity index (χ3n) is 3.10. The van der Waals surface area contributed by atoms with E-state index in [4.69, 9.17) is 0 Å². The highest BCUT2D eigenvalue weighted by Crippen LogP contribution is 2.32. The van der Waals surface area contributed by atoms with E-state index in [0.717, 1.165) is 0 Å². The molecule has 3 aromatic carbocycles. The maximum absolute atomic E-state index is 3.63. The number of rotatable bonds is 0. The maximum atomic E-state index is 3.63. The molecule has 0 saturated carbocycles. The Bertz CT molecular complexity index is 683. The molecule has 3 rings (SSSR count). The van der Waals surface area contributed by atoms with Crippen molar-refractivity contribution in [2.24, 2.45) is 0 Å². The molecular formula is C15H11Br. The standard InChI is InChI=1S/C15H11Br/c1-10-13-7-3-2-5-11(13)9-12-6-4-8-14(16)15(10)12/h2-9H,1H3. The van der Waals surface area contributed by atoms with Crippen molar-refractivity contribution in [2.75, 3.05) is 0 Å². The van der Waals surface area contributed by atoms with Crippen LogP contribution in [0.15, 0.2) is 53.0 Å². The Balaban J connectivity index is 2.62. The van der Waals surface area contributed by atoms with Crippen LogP contribution in [0.3, 0.4) is 0 Å². The summed E-state index contributed by atoms with van der Waals surface area (Å²) in [5, 5.41) is 5.26. The highest BCUT2D eigenvalue weighted by Gasteiger charge is 2.05. The van der Waals surface area contributed by atoms with Gasteiger partial charge in [-0.1, -0.05) is 52.3 Å². The van der Waals surface area contributed by atoms with Gasteiger partial charge in [-0.05, 0) is 46.2 Å². The van der Waals surface area contributed by atoms with Gasteiger partial charge in [0.05, 0.1) is 0 Å². The fraction of sp³-hybridized carbons (Fsp3) is 0.0667. The second kappa shape index (κ2) is 3.60. The van der Waals surface area contributed by atoms with Crippen molar-refractivity contribution in [3.05, 3.63) is 58.6 Å². The largest absolute Gasteiger partial charge is 0.0616 e. The van der Waals surface area contributed by atoms with Crippen LogP contribution >= 0.6 is 15.9 Å².